The number of carbonyl (C=O) groups excluding carboxylic acids is 2. The van der Waals surface area contributed by atoms with Crippen molar-refractivity contribution in [1.29, 1.82) is 0 Å². The van der Waals surface area contributed by atoms with Crippen LogP contribution in [-0.2, 0) is 6.42 Å². The molecule has 2 amide bonds. The highest BCUT2D eigenvalue weighted by molar-refractivity contribution is 7.14. The monoisotopic (exact) mass is 343 g/mol. The van der Waals surface area contributed by atoms with Crippen LogP contribution in [-0.4, -0.2) is 35.8 Å². The third kappa shape index (κ3) is 3.49. The lowest BCUT2D eigenvalue weighted by Crippen LogP contribution is -2.32. The van der Waals surface area contributed by atoms with Gasteiger partial charge in [-0.25, -0.2) is 0 Å². The van der Waals surface area contributed by atoms with Crippen molar-refractivity contribution in [3.63, 3.8) is 0 Å². The van der Waals surface area contributed by atoms with Crippen LogP contribution in [0.2, 0.25) is 0 Å². The average Bonchev–Trinajstić information content (AvgIpc) is 3.23. The van der Waals surface area contributed by atoms with Gasteiger partial charge in [-0.2, -0.15) is 0 Å². The summed E-state index contributed by atoms with van der Waals surface area (Å²) in [4.78, 5) is 26.8. The lowest BCUT2D eigenvalue weighted by molar-refractivity contribution is 0.0792. The summed E-state index contributed by atoms with van der Waals surface area (Å²) < 4.78 is 0. The van der Waals surface area contributed by atoms with Crippen molar-refractivity contribution >= 4 is 28.2 Å². The summed E-state index contributed by atoms with van der Waals surface area (Å²) in [6.45, 7) is 3.31. The van der Waals surface area contributed by atoms with Gasteiger partial charge in [0.15, 0.2) is 0 Å². The van der Waals surface area contributed by atoms with Gasteiger partial charge in [0.05, 0.1) is 5.56 Å². The number of nitrogens with one attached hydrogen (secondary N) is 1. The number of nitrogens with two attached hydrogens (primary N) is 1. The number of hydrogen-bond donors (Lipinski definition) is 2. The van der Waals surface area contributed by atoms with Crippen molar-refractivity contribution in [2.45, 2.75) is 25.8 Å². The molecular weight excluding hydrogens is 322 g/mol. The first-order chi connectivity index (χ1) is 11.6. The molecule has 5 nitrogen and oxygen atoms in total. The summed E-state index contributed by atoms with van der Waals surface area (Å²) in [5, 5.41) is 5.27. The van der Waals surface area contributed by atoms with Gasteiger partial charge in [-0.15, -0.1) is 11.3 Å². The van der Waals surface area contributed by atoms with E-state index in [2.05, 4.69) is 12.2 Å². The lowest BCUT2D eigenvalue weighted by Gasteiger charge is -2.16. The van der Waals surface area contributed by atoms with Gasteiger partial charge in [0.2, 0.25) is 0 Å². The van der Waals surface area contributed by atoms with Crippen LogP contribution in [0.1, 0.15) is 39.6 Å². The van der Waals surface area contributed by atoms with Gasteiger partial charge >= 0.3 is 0 Å². The number of benzene rings is 1. The molecule has 1 fully saturated rings. The Bertz CT molecular complexity index is 739. The number of thiophene rings is 1. The molecule has 3 N–H and O–H groups in total. The number of hydrogen-bond acceptors (Lipinski definition) is 4. The number of nitrogens with zero attached hydrogens (tertiary/aromatic N) is 1. The Morgan fingerprint density at radius 3 is 2.67 bits per heavy atom. The van der Waals surface area contributed by atoms with Crippen LogP contribution in [0.5, 0.6) is 0 Å². The third-order valence-corrected chi connectivity index (χ3v) is 5.09. The first-order valence-corrected chi connectivity index (χ1v) is 8.99. The summed E-state index contributed by atoms with van der Waals surface area (Å²) in [6.07, 6.45) is 1.75. The van der Waals surface area contributed by atoms with E-state index in [1.54, 1.807) is 11.0 Å². The van der Waals surface area contributed by atoms with Crippen LogP contribution in [0.4, 0.5) is 5.00 Å². The van der Waals surface area contributed by atoms with E-state index in [1.807, 2.05) is 29.6 Å². The second-order valence-corrected chi connectivity index (χ2v) is 6.88. The molecule has 0 saturated carbocycles. The molecule has 24 heavy (non-hydrogen) atoms. The zero-order chi connectivity index (χ0) is 17.1. The van der Waals surface area contributed by atoms with Crippen molar-refractivity contribution in [2.75, 3.05) is 18.4 Å². The number of carbonyl (C=O) groups is 2. The van der Waals surface area contributed by atoms with Crippen LogP contribution in [0, 0.1) is 0 Å². The number of amides is 2. The largest absolute Gasteiger partial charge is 0.337 e. The molecule has 0 radical (unpaired) electrons. The van der Waals surface area contributed by atoms with Crippen LogP contribution in [0.15, 0.2) is 35.7 Å². The number of likely N-dealkylation sites (tertiary alicyclic amines) is 1. The predicted octanol–water partition coefficient (Wildman–Crippen LogP) is 2.74. The molecule has 1 atom stereocenters. The molecule has 2 heterocycles. The van der Waals surface area contributed by atoms with Crippen molar-refractivity contribution < 1.29 is 9.59 Å². The molecule has 1 aromatic heterocycles. The molecule has 1 aliphatic rings. The molecule has 0 unspecified atom stereocenters. The Balaban J connectivity index is 1.72. The van der Waals surface area contributed by atoms with E-state index in [9.17, 15) is 9.59 Å². The molecular formula is C18H21N3O2S. The molecule has 2 aromatic rings. The van der Waals surface area contributed by atoms with Crippen molar-refractivity contribution in [3.8, 4) is 0 Å². The first-order valence-electron chi connectivity index (χ1n) is 8.11. The second kappa shape index (κ2) is 7.15. The Labute approximate surface area is 145 Å². The standard InChI is InChI=1S/C18H21N3O2S/c1-2-12-3-5-13(6-4-12)16(22)20-17-15(8-10-24-17)18(23)21-9-7-14(19)11-21/h3-6,8,10,14H,2,7,9,11,19H2,1H3,(H,20,22)/t14-/m1/s1. The molecule has 3 rings (SSSR count). The fourth-order valence-electron chi connectivity index (χ4n) is 2.78. The topological polar surface area (TPSA) is 75.4 Å². The maximum atomic E-state index is 12.6. The Kier molecular flexibility index (Phi) is 4.97. The Morgan fingerprint density at radius 1 is 1.29 bits per heavy atom. The predicted molar refractivity (Wildman–Crippen MR) is 96.6 cm³/mol. The summed E-state index contributed by atoms with van der Waals surface area (Å²) in [5.74, 6) is -0.270. The fourth-order valence-corrected chi connectivity index (χ4v) is 3.56. The van der Waals surface area contributed by atoms with Gasteiger partial charge in [-0.1, -0.05) is 19.1 Å². The van der Waals surface area contributed by atoms with Crippen molar-refractivity contribution in [3.05, 3.63) is 52.4 Å². The molecule has 0 bridgehead atoms. The Hall–Kier alpha value is -2.18. The normalized spacial score (nSPS) is 17.1. The molecule has 126 valence electrons. The van der Waals surface area contributed by atoms with Crippen LogP contribution >= 0.6 is 11.3 Å². The first kappa shape index (κ1) is 16.7. The highest BCUT2D eigenvalue weighted by Gasteiger charge is 2.27. The highest BCUT2D eigenvalue weighted by Crippen LogP contribution is 2.26. The van der Waals surface area contributed by atoms with E-state index in [-0.39, 0.29) is 17.9 Å². The third-order valence-electron chi connectivity index (χ3n) is 4.26. The molecule has 1 aliphatic heterocycles. The SMILES string of the molecule is CCc1ccc(C(=O)Nc2sccc2C(=O)N2CC[C@@H](N)C2)cc1. The lowest BCUT2D eigenvalue weighted by atomic mass is 10.1. The van der Waals surface area contributed by atoms with Gasteiger partial charge < -0.3 is 16.0 Å². The summed E-state index contributed by atoms with van der Waals surface area (Å²) in [5.41, 5.74) is 8.18. The molecule has 0 aliphatic carbocycles. The molecule has 0 spiro atoms. The minimum absolute atomic E-state index is 0.0442. The Morgan fingerprint density at radius 2 is 2.04 bits per heavy atom. The fraction of sp³-hybridized carbons (Fsp3) is 0.333. The van der Waals surface area contributed by atoms with Crippen molar-refractivity contribution in [1.82, 2.24) is 4.90 Å². The zero-order valence-electron chi connectivity index (χ0n) is 13.6. The van der Waals surface area contributed by atoms with Crippen molar-refractivity contribution in [2.24, 2.45) is 5.73 Å². The van der Waals surface area contributed by atoms with Crippen LogP contribution in [0.3, 0.4) is 0 Å². The summed E-state index contributed by atoms with van der Waals surface area (Å²) >= 11 is 1.36. The van der Waals surface area contributed by atoms with Gasteiger partial charge in [0, 0.05) is 24.7 Å². The van der Waals surface area contributed by atoms with Gasteiger partial charge in [0.25, 0.3) is 11.8 Å². The molecule has 6 heteroatoms. The molecule has 1 saturated heterocycles. The van der Waals surface area contributed by atoms with E-state index in [1.165, 1.54) is 16.9 Å². The van der Waals surface area contributed by atoms with E-state index in [4.69, 9.17) is 5.73 Å². The van der Waals surface area contributed by atoms with Gasteiger partial charge in [0.1, 0.15) is 5.00 Å². The summed E-state index contributed by atoms with van der Waals surface area (Å²) in [6, 6.07) is 9.31. The number of aryl methyl sites for hydroxylation is 1. The quantitative estimate of drug-likeness (QED) is 0.896. The van der Waals surface area contributed by atoms with E-state index >= 15 is 0 Å². The number of rotatable bonds is 4. The maximum absolute atomic E-state index is 12.6. The van der Waals surface area contributed by atoms with E-state index in [0.717, 1.165) is 12.8 Å². The van der Waals surface area contributed by atoms with E-state index in [0.29, 0.717) is 29.2 Å². The van der Waals surface area contributed by atoms with Crippen LogP contribution < -0.4 is 11.1 Å². The number of anilines is 1. The highest BCUT2D eigenvalue weighted by atomic mass is 32.1. The van der Waals surface area contributed by atoms with Gasteiger partial charge in [-0.05, 0) is 42.0 Å². The minimum Gasteiger partial charge on any atom is -0.337 e. The van der Waals surface area contributed by atoms with E-state index < -0.39 is 0 Å². The molecule has 1 aromatic carbocycles. The smallest absolute Gasteiger partial charge is 0.256 e. The van der Waals surface area contributed by atoms with Crippen LogP contribution in [0.25, 0.3) is 0 Å². The minimum atomic E-state index is -0.202. The summed E-state index contributed by atoms with van der Waals surface area (Å²) in [7, 11) is 0. The zero-order valence-corrected chi connectivity index (χ0v) is 14.4. The second-order valence-electron chi connectivity index (χ2n) is 5.97. The maximum Gasteiger partial charge on any atom is 0.256 e. The average molecular weight is 343 g/mol. The van der Waals surface area contributed by atoms with Gasteiger partial charge in [-0.3, -0.25) is 9.59 Å².